The quantitative estimate of drug-likeness (QED) is 0.0205. The number of hydrogen-bond donors (Lipinski definition) is 0. The first kappa shape index (κ1) is 51.6. The van der Waals surface area contributed by atoms with Crippen LogP contribution in [0.1, 0.15) is 188 Å². The molecule has 0 fully saturated rings. The number of carbonyl (C=O) groups is 3. The summed E-state index contributed by atoms with van der Waals surface area (Å²) in [6.45, 7) is 6.25. The predicted molar refractivity (Wildman–Crippen MR) is 233 cm³/mol. The van der Waals surface area contributed by atoms with E-state index in [0.717, 1.165) is 64.2 Å². The van der Waals surface area contributed by atoms with E-state index in [0.29, 0.717) is 19.3 Å². The van der Waals surface area contributed by atoms with E-state index < -0.39 is 12.1 Å². The van der Waals surface area contributed by atoms with E-state index in [9.17, 15) is 14.4 Å². The van der Waals surface area contributed by atoms with Crippen LogP contribution < -0.4 is 0 Å². The SMILES string of the molecule is CC\C=C/C=C\C=C/C=C\C=C/CCCC(=O)OC(COC(=O)CCCC/C=C\C/C=C\CC)COC(=O)CCCCCCCCCCCCCCCCC. The van der Waals surface area contributed by atoms with Crippen LogP contribution in [0.5, 0.6) is 0 Å². The van der Waals surface area contributed by atoms with E-state index in [1.54, 1.807) is 0 Å². The molecule has 6 heteroatoms. The van der Waals surface area contributed by atoms with Gasteiger partial charge in [0.2, 0.25) is 0 Å². The van der Waals surface area contributed by atoms with Crippen molar-refractivity contribution in [1.29, 1.82) is 0 Å². The van der Waals surface area contributed by atoms with Gasteiger partial charge in [0.25, 0.3) is 0 Å². The van der Waals surface area contributed by atoms with Crippen LogP contribution in [0, 0.1) is 0 Å². The van der Waals surface area contributed by atoms with Crippen LogP contribution in [0.15, 0.2) is 85.1 Å². The molecule has 0 rings (SSSR count). The summed E-state index contributed by atoms with van der Waals surface area (Å²) in [5.74, 6) is -1.04. The molecule has 55 heavy (non-hydrogen) atoms. The molecule has 312 valence electrons. The lowest BCUT2D eigenvalue weighted by atomic mass is 10.0. The van der Waals surface area contributed by atoms with Gasteiger partial charge in [-0.2, -0.15) is 0 Å². The lowest BCUT2D eigenvalue weighted by molar-refractivity contribution is -0.167. The first-order chi connectivity index (χ1) is 27.0. The van der Waals surface area contributed by atoms with Gasteiger partial charge in [0.15, 0.2) is 6.10 Å². The first-order valence-electron chi connectivity index (χ1n) is 22.2. The summed E-state index contributed by atoms with van der Waals surface area (Å²) < 4.78 is 16.6. The van der Waals surface area contributed by atoms with Gasteiger partial charge in [0.1, 0.15) is 13.2 Å². The van der Waals surface area contributed by atoms with Crippen molar-refractivity contribution in [2.24, 2.45) is 0 Å². The van der Waals surface area contributed by atoms with Gasteiger partial charge in [0, 0.05) is 19.3 Å². The average Bonchev–Trinajstić information content (AvgIpc) is 3.18. The van der Waals surface area contributed by atoms with Gasteiger partial charge in [-0.05, 0) is 57.8 Å². The molecule has 0 aliphatic heterocycles. The second-order valence-corrected chi connectivity index (χ2v) is 14.3. The van der Waals surface area contributed by atoms with E-state index in [1.807, 2.05) is 54.7 Å². The second kappa shape index (κ2) is 43.3. The topological polar surface area (TPSA) is 78.9 Å². The van der Waals surface area contributed by atoms with E-state index in [2.05, 4.69) is 51.2 Å². The molecular weight excluding hydrogens is 685 g/mol. The van der Waals surface area contributed by atoms with Gasteiger partial charge in [0.05, 0.1) is 0 Å². The monoisotopic (exact) mass is 765 g/mol. The number of unbranched alkanes of at least 4 members (excludes halogenated alkanes) is 17. The van der Waals surface area contributed by atoms with Gasteiger partial charge in [-0.25, -0.2) is 0 Å². The molecule has 1 unspecified atom stereocenters. The van der Waals surface area contributed by atoms with Gasteiger partial charge in [-0.3, -0.25) is 14.4 Å². The van der Waals surface area contributed by atoms with Gasteiger partial charge >= 0.3 is 17.9 Å². The summed E-state index contributed by atoms with van der Waals surface area (Å²) >= 11 is 0. The molecule has 0 amide bonds. The molecule has 0 saturated carbocycles. The van der Waals surface area contributed by atoms with Crippen LogP contribution in [0.3, 0.4) is 0 Å². The molecule has 0 bridgehead atoms. The number of rotatable bonds is 38. The van der Waals surface area contributed by atoms with Crippen molar-refractivity contribution in [1.82, 2.24) is 0 Å². The largest absolute Gasteiger partial charge is 0.462 e. The fraction of sp³-hybridized carbons (Fsp3) is 0.653. The summed E-state index contributed by atoms with van der Waals surface area (Å²) in [5, 5.41) is 0. The minimum Gasteiger partial charge on any atom is -0.462 e. The highest BCUT2D eigenvalue weighted by Crippen LogP contribution is 2.14. The molecule has 0 radical (unpaired) electrons. The Kier molecular flexibility index (Phi) is 40.6. The normalized spacial score (nSPS) is 12.9. The van der Waals surface area contributed by atoms with Crippen molar-refractivity contribution in [3.63, 3.8) is 0 Å². The maximum atomic E-state index is 12.7. The first-order valence-corrected chi connectivity index (χ1v) is 22.2. The van der Waals surface area contributed by atoms with E-state index in [-0.39, 0.29) is 31.6 Å². The molecule has 0 aliphatic rings. The fourth-order valence-electron chi connectivity index (χ4n) is 5.74. The molecule has 0 heterocycles. The van der Waals surface area contributed by atoms with Crippen molar-refractivity contribution in [3.8, 4) is 0 Å². The Balaban J connectivity index is 4.48. The summed E-state index contributed by atoms with van der Waals surface area (Å²) in [6.07, 6.45) is 54.5. The van der Waals surface area contributed by atoms with Gasteiger partial charge < -0.3 is 14.2 Å². The molecular formula is C49H80O6. The molecule has 6 nitrogen and oxygen atoms in total. The van der Waals surface area contributed by atoms with Crippen LogP contribution in [-0.2, 0) is 28.6 Å². The Labute approximate surface area is 337 Å². The molecule has 0 spiro atoms. The maximum absolute atomic E-state index is 12.7. The number of allylic oxidation sites excluding steroid dienone is 14. The Bertz CT molecular complexity index is 1110. The van der Waals surface area contributed by atoms with Crippen molar-refractivity contribution >= 4 is 17.9 Å². The fourth-order valence-corrected chi connectivity index (χ4v) is 5.74. The Hall–Kier alpha value is -3.41. The smallest absolute Gasteiger partial charge is 0.306 e. The third-order valence-corrected chi connectivity index (χ3v) is 9.02. The highest BCUT2D eigenvalue weighted by atomic mass is 16.6. The van der Waals surface area contributed by atoms with E-state index in [4.69, 9.17) is 14.2 Å². The molecule has 0 aliphatic carbocycles. The molecule has 0 N–H and O–H groups in total. The highest BCUT2D eigenvalue weighted by molar-refractivity contribution is 5.71. The summed E-state index contributed by atoms with van der Waals surface area (Å²) in [5.41, 5.74) is 0. The van der Waals surface area contributed by atoms with Gasteiger partial charge in [-0.1, -0.05) is 196 Å². The highest BCUT2D eigenvalue weighted by Gasteiger charge is 2.19. The lowest BCUT2D eigenvalue weighted by Crippen LogP contribution is -2.30. The summed E-state index contributed by atoms with van der Waals surface area (Å²) in [6, 6.07) is 0. The maximum Gasteiger partial charge on any atom is 0.306 e. The molecule has 0 aromatic carbocycles. The predicted octanol–water partition coefficient (Wildman–Crippen LogP) is 14.1. The zero-order valence-corrected chi connectivity index (χ0v) is 35.4. The average molecular weight is 765 g/mol. The van der Waals surface area contributed by atoms with E-state index >= 15 is 0 Å². The number of carbonyl (C=O) groups excluding carboxylic acids is 3. The van der Waals surface area contributed by atoms with Crippen LogP contribution in [0.4, 0.5) is 0 Å². The zero-order valence-electron chi connectivity index (χ0n) is 35.4. The van der Waals surface area contributed by atoms with Crippen LogP contribution in [-0.4, -0.2) is 37.2 Å². The Morgan fingerprint density at radius 1 is 0.400 bits per heavy atom. The van der Waals surface area contributed by atoms with Crippen molar-refractivity contribution < 1.29 is 28.6 Å². The molecule has 0 aromatic heterocycles. The Morgan fingerprint density at radius 2 is 0.818 bits per heavy atom. The molecule has 0 aromatic rings. The van der Waals surface area contributed by atoms with Crippen molar-refractivity contribution in [2.75, 3.05) is 13.2 Å². The minimum atomic E-state index is -0.822. The van der Waals surface area contributed by atoms with Crippen molar-refractivity contribution in [2.45, 2.75) is 194 Å². The molecule has 1 atom stereocenters. The standard InChI is InChI=1S/C49H80O6/c1-4-7-10-13-16-19-21-23-24-26-27-30-33-36-39-42-48(51)54-45-46(44-53-47(50)41-38-35-32-29-18-15-12-9-6-3)55-49(52)43-40-37-34-31-28-25-22-20-17-14-11-8-5-2/h8-9,11-12,14,17-18,20,22,25,28-29,31,34,46H,4-7,10,13,15-16,19,21,23-24,26-27,30,32-33,35-45H2,1-3H3/b11-8-,12-9-,17-14-,22-20-,28-25-,29-18-,34-31-. The van der Waals surface area contributed by atoms with Crippen LogP contribution in [0.2, 0.25) is 0 Å². The number of hydrogen-bond acceptors (Lipinski definition) is 6. The Morgan fingerprint density at radius 3 is 1.35 bits per heavy atom. The second-order valence-electron chi connectivity index (χ2n) is 14.3. The number of esters is 3. The third kappa shape index (κ3) is 41.6. The van der Waals surface area contributed by atoms with Crippen LogP contribution >= 0.6 is 0 Å². The number of ether oxygens (including phenoxy) is 3. The van der Waals surface area contributed by atoms with E-state index in [1.165, 1.54) is 77.0 Å². The summed E-state index contributed by atoms with van der Waals surface area (Å²) in [4.78, 5) is 37.6. The zero-order chi connectivity index (χ0) is 40.1. The van der Waals surface area contributed by atoms with Gasteiger partial charge in [-0.15, -0.1) is 0 Å². The van der Waals surface area contributed by atoms with Crippen LogP contribution in [0.25, 0.3) is 0 Å². The summed E-state index contributed by atoms with van der Waals surface area (Å²) in [7, 11) is 0. The minimum absolute atomic E-state index is 0.115. The lowest BCUT2D eigenvalue weighted by Gasteiger charge is -2.18. The third-order valence-electron chi connectivity index (χ3n) is 9.02. The van der Waals surface area contributed by atoms with Crippen molar-refractivity contribution in [3.05, 3.63) is 85.1 Å². The molecule has 0 saturated heterocycles.